The molecule has 0 bridgehead atoms. The number of amides is 1. The van der Waals surface area contributed by atoms with E-state index in [1.54, 1.807) is 25.3 Å². The first kappa shape index (κ1) is 20.6. The zero-order valence-electron chi connectivity index (χ0n) is 16.0. The van der Waals surface area contributed by atoms with Crippen molar-refractivity contribution < 1.29 is 23.5 Å². The maximum atomic E-state index is 12.8. The summed E-state index contributed by atoms with van der Waals surface area (Å²) in [5.41, 5.74) is 0.523. The van der Waals surface area contributed by atoms with Gasteiger partial charge in [0.1, 0.15) is 12.4 Å². The Morgan fingerprint density at radius 3 is 2.82 bits per heavy atom. The number of likely N-dealkylation sites (tertiary alicyclic amines) is 1. The average Bonchev–Trinajstić information content (AvgIpc) is 3.15. The minimum absolute atomic E-state index is 0.0514. The SMILES string of the molecule is COCc1nc(CCOC2CCN(C(=O)c3ccc(Cl)cc3OC)CC2)no1. The molecular formula is C19H24ClN3O5. The van der Waals surface area contributed by atoms with Crippen LogP contribution in [0.15, 0.2) is 22.7 Å². The molecule has 3 rings (SSSR count). The van der Waals surface area contributed by atoms with E-state index in [1.165, 1.54) is 7.11 Å². The van der Waals surface area contributed by atoms with Crippen molar-refractivity contribution >= 4 is 17.5 Å². The van der Waals surface area contributed by atoms with Gasteiger partial charge in [-0.15, -0.1) is 0 Å². The molecule has 0 spiro atoms. The summed E-state index contributed by atoms with van der Waals surface area (Å²) in [7, 11) is 3.11. The zero-order valence-corrected chi connectivity index (χ0v) is 16.8. The van der Waals surface area contributed by atoms with Crippen LogP contribution in [-0.2, 0) is 22.5 Å². The summed E-state index contributed by atoms with van der Waals surface area (Å²) >= 11 is 5.97. The van der Waals surface area contributed by atoms with Gasteiger partial charge in [0.05, 0.1) is 25.4 Å². The van der Waals surface area contributed by atoms with E-state index in [4.69, 9.17) is 30.3 Å². The minimum atomic E-state index is -0.0514. The van der Waals surface area contributed by atoms with Gasteiger partial charge in [0.25, 0.3) is 11.8 Å². The van der Waals surface area contributed by atoms with Crippen LogP contribution in [-0.4, -0.2) is 61.0 Å². The van der Waals surface area contributed by atoms with E-state index in [2.05, 4.69) is 10.1 Å². The summed E-state index contributed by atoms with van der Waals surface area (Å²) in [5, 5.41) is 4.43. The highest BCUT2D eigenvalue weighted by Gasteiger charge is 2.26. The van der Waals surface area contributed by atoms with Gasteiger partial charge in [-0.2, -0.15) is 4.98 Å². The summed E-state index contributed by atoms with van der Waals surface area (Å²) in [6.07, 6.45) is 2.25. The fourth-order valence-corrected chi connectivity index (χ4v) is 3.29. The molecule has 152 valence electrons. The Hall–Kier alpha value is -2.16. The van der Waals surface area contributed by atoms with E-state index in [1.807, 2.05) is 4.90 Å². The van der Waals surface area contributed by atoms with Gasteiger partial charge < -0.3 is 23.6 Å². The Labute approximate surface area is 168 Å². The Balaban J connectivity index is 1.44. The number of rotatable bonds is 8. The Morgan fingerprint density at radius 2 is 2.11 bits per heavy atom. The first-order valence-electron chi connectivity index (χ1n) is 9.15. The molecule has 1 amide bonds. The van der Waals surface area contributed by atoms with Crippen LogP contribution < -0.4 is 4.74 Å². The standard InChI is InChI=1S/C19H24ClN3O5/c1-25-12-18-21-17(22-28-18)7-10-27-14-5-8-23(9-6-14)19(24)15-4-3-13(20)11-16(15)26-2/h3-4,11,14H,5-10,12H2,1-2H3. The lowest BCUT2D eigenvalue weighted by Gasteiger charge is -2.32. The third-order valence-corrected chi connectivity index (χ3v) is 4.82. The van der Waals surface area contributed by atoms with Crippen LogP contribution in [0.1, 0.15) is 34.9 Å². The molecule has 0 atom stereocenters. The lowest BCUT2D eigenvalue weighted by Crippen LogP contribution is -2.41. The Bertz CT molecular complexity index is 790. The number of piperidine rings is 1. The van der Waals surface area contributed by atoms with Crippen molar-refractivity contribution in [2.45, 2.75) is 32.0 Å². The Kier molecular flexibility index (Phi) is 7.24. The summed E-state index contributed by atoms with van der Waals surface area (Å²) in [4.78, 5) is 18.8. The van der Waals surface area contributed by atoms with Crippen molar-refractivity contribution in [1.29, 1.82) is 0 Å². The molecule has 0 N–H and O–H groups in total. The second kappa shape index (κ2) is 9.86. The number of ether oxygens (including phenoxy) is 3. The monoisotopic (exact) mass is 409 g/mol. The smallest absolute Gasteiger partial charge is 0.257 e. The minimum Gasteiger partial charge on any atom is -0.496 e. The first-order chi connectivity index (χ1) is 13.6. The van der Waals surface area contributed by atoms with Gasteiger partial charge in [0.15, 0.2) is 5.82 Å². The number of aromatic nitrogens is 2. The molecule has 1 saturated heterocycles. The van der Waals surface area contributed by atoms with Gasteiger partial charge in [0.2, 0.25) is 0 Å². The third kappa shape index (κ3) is 5.21. The van der Waals surface area contributed by atoms with E-state index < -0.39 is 0 Å². The van der Waals surface area contributed by atoms with Crippen LogP contribution in [0.4, 0.5) is 0 Å². The molecule has 8 nitrogen and oxygen atoms in total. The van der Waals surface area contributed by atoms with Crippen molar-refractivity contribution in [3.8, 4) is 5.75 Å². The number of carbonyl (C=O) groups is 1. The molecule has 1 aliphatic rings. The number of hydrogen-bond donors (Lipinski definition) is 0. The first-order valence-corrected chi connectivity index (χ1v) is 9.53. The normalized spacial score (nSPS) is 15.0. The van der Waals surface area contributed by atoms with E-state index in [9.17, 15) is 4.79 Å². The van der Waals surface area contributed by atoms with Gasteiger partial charge in [-0.1, -0.05) is 16.8 Å². The van der Waals surface area contributed by atoms with Gasteiger partial charge in [-0.05, 0) is 31.0 Å². The number of methoxy groups -OCH3 is 2. The van der Waals surface area contributed by atoms with E-state index in [0.29, 0.717) is 60.8 Å². The van der Waals surface area contributed by atoms with Gasteiger partial charge >= 0.3 is 0 Å². The number of hydrogen-bond acceptors (Lipinski definition) is 7. The van der Waals surface area contributed by atoms with Crippen molar-refractivity contribution in [3.05, 3.63) is 40.5 Å². The summed E-state index contributed by atoms with van der Waals surface area (Å²) in [6.45, 7) is 2.08. The highest BCUT2D eigenvalue weighted by molar-refractivity contribution is 6.30. The molecule has 1 aromatic carbocycles. The van der Waals surface area contributed by atoms with Crippen molar-refractivity contribution in [2.24, 2.45) is 0 Å². The maximum absolute atomic E-state index is 12.8. The van der Waals surface area contributed by atoms with E-state index in [-0.39, 0.29) is 12.0 Å². The molecule has 1 aromatic heterocycles. The quantitative estimate of drug-likeness (QED) is 0.662. The molecule has 0 unspecified atom stereocenters. The van der Waals surface area contributed by atoms with E-state index >= 15 is 0 Å². The molecule has 0 saturated carbocycles. The van der Waals surface area contributed by atoms with Crippen LogP contribution >= 0.6 is 11.6 Å². The van der Waals surface area contributed by atoms with Crippen LogP contribution in [0.2, 0.25) is 5.02 Å². The third-order valence-electron chi connectivity index (χ3n) is 4.58. The van der Waals surface area contributed by atoms with Crippen LogP contribution in [0.3, 0.4) is 0 Å². The fraction of sp³-hybridized carbons (Fsp3) is 0.526. The van der Waals surface area contributed by atoms with Crippen molar-refractivity contribution in [2.75, 3.05) is 33.9 Å². The maximum Gasteiger partial charge on any atom is 0.257 e. The molecular weight excluding hydrogens is 386 g/mol. The number of benzene rings is 1. The summed E-state index contributed by atoms with van der Waals surface area (Å²) < 4.78 is 21.2. The molecule has 1 aliphatic heterocycles. The largest absolute Gasteiger partial charge is 0.496 e. The van der Waals surface area contributed by atoms with Crippen LogP contribution in [0.25, 0.3) is 0 Å². The molecule has 0 aliphatic carbocycles. The lowest BCUT2D eigenvalue weighted by molar-refractivity contribution is 0.00940. The second-order valence-electron chi connectivity index (χ2n) is 6.49. The molecule has 2 aromatic rings. The van der Waals surface area contributed by atoms with Crippen LogP contribution in [0.5, 0.6) is 5.75 Å². The average molecular weight is 410 g/mol. The zero-order chi connectivity index (χ0) is 19.9. The predicted molar refractivity (Wildman–Crippen MR) is 102 cm³/mol. The number of halogens is 1. The summed E-state index contributed by atoms with van der Waals surface area (Å²) in [6, 6.07) is 5.05. The number of carbonyl (C=O) groups excluding carboxylic acids is 1. The van der Waals surface area contributed by atoms with Gasteiger partial charge in [0, 0.05) is 31.6 Å². The topological polar surface area (TPSA) is 86.9 Å². The Morgan fingerprint density at radius 1 is 1.32 bits per heavy atom. The van der Waals surface area contributed by atoms with Crippen molar-refractivity contribution in [3.63, 3.8) is 0 Å². The lowest BCUT2D eigenvalue weighted by atomic mass is 10.1. The summed E-state index contributed by atoms with van der Waals surface area (Å²) in [5.74, 6) is 1.50. The molecule has 9 heteroatoms. The van der Waals surface area contributed by atoms with Crippen molar-refractivity contribution in [1.82, 2.24) is 15.0 Å². The highest BCUT2D eigenvalue weighted by Crippen LogP contribution is 2.26. The number of nitrogens with zero attached hydrogens (tertiary/aromatic N) is 3. The molecule has 2 heterocycles. The van der Waals surface area contributed by atoms with Gasteiger partial charge in [-0.25, -0.2) is 0 Å². The fourth-order valence-electron chi connectivity index (χ4n) is 3.13. The van der Waals surface area contributed by atoms with Gasteiger partial charge in [-0.3, -0.25) is 4.79 Å². The molecule has 1 fully saturated rings. The highest BCUT2D eigenvalue weighted by atomic mass is 35.5. The predicted octanol–water partition coefficient (Wildman–Crippen LogP) is 2.74. The van der Waals surface area contributed by atoms with Crippen LogP contribution in [0, 0.1) is 0 Å². The molecule has 28 heavy (non-hydrogen) atoms. The van der Waals surface area contributed by atoms with E-state index in [0.717, 1.165) is 12.8 Å². The molecule has 0 radical (unpaired) electrons. The second-order valence-corrected chi connectivity index (χ2v) is 6.93.